The Labute approximate surface area is 153 Å². The fourth-order valence-electron chi connectivity index (χ4n) is 2.42. The molecule has 9 heteroatoms. The number of benzene rings is 2. The van der Waals surface area contributed by atoms with E-state index in [9.17, 15) is 18.0 Å². The van der Waals surface area contributed by atoms with Crippen LogP contribution in [0.25, 0.3) is 0 Å². The first-order valence-electron chi connectivity index (χ1n) is 8.14. The van der Waals surface area contributed by atoms with Gasteiger partial charge in [0, 0.05) is 6.54 Å². The minimum Gasteiger partial charge on any atom is -0.486 e. The van der Waals surface area contributed by atoms with Crippen LogP contribution in [0.3, 0.4) is 0 Å². The number of urea groups is 1. The number of halogens is 3. The molecule has 0 fully saturated rings. The van der Waals surface area contributed by atoms with Crippen LogP contribution in [0.1, 0.15) is 5.56 Å². The highest BCUT2D eigenvalue weighted by Crippen LogP contribution is 2.30. The maximum Gasteiger partial charge on any atom is 0.573 e. The Morgan fingerprint density at radius 3 is 2.48 bits per heavy atom. The molecule has 1 heterocycles. The number of para-hydroxylation sites is 2. The van der Waals surface area contributed by atoms with E-state index in [1.54, 1.807) is 12.1 Å². The molecule has 3 rings (SSSR count). The van der Waals surface area contributed by atoms with Gasteiger partial charge in [0.25, 0.3) is 0 Å². The molecule has 144 valence electrons. The summed E-state index contributed by atoms with van der Waals surface area (Å²) in [6.45, 7) is 0.722. The third-order valence-electron chi connectivity index (χ3n) is 3.67. The largest absolute Gasteiger partial charge is 0.573 e. The molecular formula is C18H17F3N2O4. The third kappa shape index (κ3) is 5.70. The molecule has 1 aliphatic heterocycles. The summed E-state index contributed by atoms with van der Waals surface area (Å²) in [5, 5.41) is 5.28. The van der Waals surface area contributed by atoms with Crippen molar-refractivity contribution >= 4 is 6.03 Å². The van der Waals surface area contributed by atoms with Gasteiger partial charge >= 0.3 is 12.4 Å². The number of hydrogen-bond acceptors (Lipinski definition) is 4. The van der Waals surface area contributed by atoms with Crippen molar-refractivity contribution < 1.29 is 32.2 Å². The van der Waals surface area contributed by atoms with Crippen molar-refractivity contribution in [1.82, 2.24) is 10.6 Å². The van der Waals surface area contributed by atoms with Gasteiger partial charge in [-0.2, -0.15) is 0 Å². The molecule has 0 aromatic heterocycles. The van der Waals surface area contributed by atoms with Gasteiger partial charge in [-0.25, -0.2) is 4.79 Å². The van der Waals surface area contributed by atoms with Crippen LogP contribution in [0.4, 0.5) is 18.0 Å². The van der Waals surface area contributed by atoms with Crippen molar-refractivity contribution in [1.29, 1.82) is 0 Å². The van der Waals surface area contributed by atoms with Crippen molar-refractivity contribution in [3.63, 3.8) is 0 Å². The molecule has 0 radical (unpaired) electrons. The highest BCUT2D eigenvalue weighted by molar-refractivity contribution is 5.73. The van der Waals surface area contributed by atoms with Crippen molar-refractivity contribution in [2.75, 3.05) is 13.2 Å². The fourth-order valence-corrected chi connectivity index (χ4v) is 2.42. The van der Waals surface area contributed by atoms with Gasteiger partial charge in [0.2, 0.25) is 0 Å². The molecule has 0 saturated carbocycles. The van der Waals surface area contributed by atoms with Gasteiger partial charge in [-0.05, 0) is 29.8 Å². The lowest BCUT2D eigenvalue weighted by Crippen LogP contribution is -2.44. The van der Waals surface area contributed by atoms with E-state index in [-0.39, 0.29) is 24.9 Å². The molecule has 2 aromatic carbocycles. The second kappa shape index (κ2) is 8.07. The summed E-state index contributed by atoms with van der Waals surface area (Å²) < 4.78 is 51.4. The number of fused-ring (bicyclic) bond motifs is 1. The molecule has 0 aliphatic carbocycles. The van der Waals surface area contributed by atoms with Crippen LogP contribution in [0.15, 0.2) is 48.5 Å². The molecule has 0 spiro atoms. The molecule has 0 bridgehead atoms. The van der Waals surface area contributed by atoms with Crippen LogP contribution in [0.2, 0.25) is 0 Å². The van der Waals surface area contributed by atoms with E-state index in [1.807, 2.05) is 12.1 Å². The maximum absolute atomic E-state index is 12.1. The Morgan fingerprint density at radius 1 is 1.07 bits per heavy atom. The lowest BCUT2D eigenvalue weighted by atomic mass is 10.2. The molecule has 2 aromatic rings. The summed E-state index contributed by atoms with van der Waals surface area (Å²) in [6.07, 6.45) is -5.05. The lowest BCUT2D eigenvalue weighted by molar-refractivity contribution is -0.274. The zero-order valence-corrected chi connectivity index (χ0v) is 14.1. The zero-order chi connectivity index (χ0) is 19.3. The molecular weight excluding hydrogens is 365 g/mol. The Kier molecular flexibility index (Phi) is 5.58. The van der Waals surface area contributed by atoms with E-state index in [4.69, 9.17) is 9.47 Å². The minimum absolute atomic E-state index is 0.156. The Bertz CT molecular complexity index is 781. The standard InChI is InChI=1S/C18H17F3N2O4/c19-18(20,21)27-13-7-5-12(6-8-13)9-22-17(24)23-10-14-11-25-15-3-1-2-4-16(15)26-14/h1-8,14H,9-11H2,(H2,22,23,24). The normalized spacial score (nSPS) is 15.7. The lowest BCUT2D eigenvalue weighted by Gasteiger charge is -2.26. The van der Waals surface area contributed by atoms with Gasteiger partial charge in [0.1, 0.15) is 12.4 Å². The monoisotopic (exact) mass is 382 g/mol. The quantitative estimate of drug-likeness (QED) is 0.833. The van der Waals surface area contributed by atoms with Crippen LogP contribution < -0.4 is 24.8 Å². The molecule has 0 saturated heterocycles. The van der Waals surface area contributed by atoms with E-state index in [2.05, 4.69) is 15.4 Å². The SMILES string of the molecule is O=C(NCc1ccc(OC(F)(F)F)cc1)NCC1COc2ccccc2O1. The number of rotatable bonds is 5. The first kappa shape index (κ1) is 18.7. The van der Waals surface area contributed by atoms with Crippen LogP contribution in [-0.2, 0) is 6.54 Å². The number of carbonyl (C=O) groups excluding carboxylic acids is 1. The van der Waals surface area contributed by atoms with Crippen LogP contribution in [0, 0.1) is 0 Å². The summed E-state index contributed by atoms with van der Waals surface area (Å²) in [5.74, 6) is 0.971. The second-order valence-electron chi connectivity index (χ2n) is 5.75. The minimum atomic E-state index is -4.73. The zero-order valence-electron chi connectivity index (χ0n) is 14.1. The van der Waals surface area contributed by atoms with Gasteiger partial charge < -0.3 is 24.8 Å². The Balaban J connectivity index is 1.40. The first-order chi connectivity index (χ1) is 12.9. The van der Waals surface area contributed by atoms with Gasteiger partial charge in [-0.3, -0.25) is 0 Å². The number of alkyl halides is 3. The van der Waals surface area contributed by atoms with E-state index in [1.165, 1.54) is 24.3 Å². The predicted molar refractivity (Wildman–Crippen MR) is 89.7 cm³/mol. The molecule has 6 nitrogen and oxygen atoms in total. The summed E-state index contributed by atoms with van der Waals surface area (Å²) >= 11 is 0. The summed E-state index contributed by atoms with van der Waals surface area (Å²) in [4.78, 5) is 11.9. The summed E-state index contributed by atoms with van der Waals surface area (Å²) in [5.41, 5.74) is 0.630. The highest BCUT2D eigenvalue weighted by atomic mass is 19.4. The molecule has 2 amide bonds. The average molecular weight is 382 g/mol. The van der Waals surface area contributed by atoms with Gasteiger partial charge in [-0.15, -0.1) is 13.2 Å². The second-order valence-corrected chi connectivity index (χ2v) is 5.75. The number of carbonyl (C=O) groups is 1. The number of amides is 2. The van der Waals surface area contributed by atoms with Gasteiger partial charge in [0.05, 0.1) is 6.54 Å². The first-order valence-corrected chi connectivity index (χ1v) is 8.14. The highest BCUT2D eigenvalue weighted by Gasteiger charge is 2.30. The third-order valence-corrected chi connectivity index (χ3v) is 3.67. The molecule has 2 N–H and O–H groups in total. The van der Waals surface area contributed by atoms with Crippen molar-refractivity contribution in [2.45, 2.75) is 19.0 Å². The number of ether oxygens (including phenoxy) is 3. The maximum atomic E-state index is 12.1. The van der Waals surface area contributed by atoms with Crippen LogP contribution in [-0.4, -0.2) is 31.6 Å². The number of nitrogens with one attached hydrogen (secondary N) is 2. The smallest absolute Gasteiger partial charge is 0.486 e. The van der Waals surface area contributed by atoms with Crippen molar-refractivity contribution in [3.05, 3.63) is 54.1 Å². The Morgan fingerprint density at radius 2 is 1.78 bits per heavy atom. The predicted octanol–water partition coefficient (Wildman–Crippen LogP) is 3.22. The van der Waals surface area contributed by atoms with Crippen LogP contribution >= 0.6 is 0 Å². The van der Waals surface area contributed by atoms with E-state index < -0.39 is 12.4 Å². The topological polar surface area (TPSA) is 68.8 Å². The van der Waals surface area contributed by atoms with Gasteiger partial charge in [0.15, 0.2) is 17.6 Å². The summed E-state index contributed by atoms with van der Waals surface area (Å²) in [7, 11) is 0. The van der Waals surface area contributed by atoms with Crippen LogP contribution in [0.5, 0.6) is 17.2 Å². The van der Waals surface area contributed by atoms with Crippen molar-refractivity contribution in [3.8, 4) is 17.2 Å². The average Bonchev–Trinajstić information content (AvgIpc) is 2.64. The summed E-state index contributed by atoms with van der Waals surface area (Å²) in [6, 6.07) is 12.1. The fraction of sp³-hybridized carbons (Fsp3) is 0.278. The van der Waals surface area contributed by atoms with E-state index >= 15 is 0 Å². The number of hydrogen-bond donors (Lipinski definition) is 2. The van der Waals surface area contributed by atoms with Crippen molar-refractivity contribution in [2.24, 2.45) is 0 Å². The molecule has 27 heavy (non-hydrogen) atoms. The molecule has 1 unspecified atom stereocenters. The molecule has 1 aliphatic rings. The van der Waals surface area contributed by atoms with E-state index in [0.29, 0.717) is 23.7 Å². The Hall–Kier alpha value is -3.10. The molecule has 1 atom stereocenters. The van der Waals surface area contributed by atoms with E-state index in [0.717, 1.165) is 0 Å². The van der Waals surface area contributed by atoms with Gasteiger partial charge in [-0.1, -0.05) is 24.3 Å².